The summed E-state index contributed by atoms with van der Waals surface area (Å²) in [6.45, 7) is 11.3. The second-order valence-corrected chi connectivity index (χ2v) is 14.5. The van der Waals surface area contributed by atoms with Gasteiger partial charge in [0.25, 0.3) is 0 Å². The van der Waals surface area contributed by atoms with E-state index in [-0.39, 0.29) is 0 Å². The molecule has 36 heavy (non-hydrogen) atoms. The lowest BCUT2D eigenvalue weighted by Gasteiger charge is -2.20. The Bertz CT molecular complexity index is 1680. The van der Waals surface area contributed by atoms with Gasteiger partial charge >= 0.3 is 0 Å². The van der Waals surface area contributed by atoms with E-state index in [1.165, 1.54) is 73.7 Å². The first-order valence-corrected chi connectivity index (χ1v) is 15.3. The Morgan fingerprint density at radius 1 is 0.528 bits per heavy atom. The maximum atomic E-state index is 2.39. The Morgan fingerprint density at radius 2 is 1.00 bits per heavy atom. The van der Waals surface area contributed by atoms with Gasteiger partial charge in [-0.2, -0.15) is 0 Å². The minimum Gasteiger partial charge on any atom is -0.140 e. The highest BCUT2D eigenvalue weighted by molar-refractivity contribution is 7.84. The summed E-state index contributed by atoms with van der Waals surface area (Å²) in [6, 6.07) is 31.7. The molecule has 6 aromatic rings. The summed E-state index contributed by atoms with van der Waals surface area (Å²) in [7, 11) is -0.701. The molecule has 4 aromatic carbocycles. The largest absolute Gasteiger partial charge is 0.140 e. The molecule has 0 nitrogen and oxygen atoms in total. The molecule has 2 heterocycles. The normalized spacial score (nSPS) is 11.7. The second-order valence-electron chi connectivity index (χ2n) is 9.73. The molecule has 2 aromatic heterocycles. The number of benzene rings is 4. The molecule has 0 N–H and O–H groups in total. The SMILES string of the molecule is Cc1cc(C)c2c(-c3c(P(c4ccccc4)c4ccccc4)sc4cc(C)cc(C)c34)c(C)sc2c1. The van der Waals surface area contributed by atoms with Crippen LogP contribution in [0.5, 0.6) is 0 Å². The predicted octanol–water partition coefficient (Wildman–Crippen LogP) is 9.08. The van der Waals surface area contributed by atoms with Gasteiger partial charge in [-0.25, -0.2) is 0 Å². The lowest BCUT2D eigenvalue weighted by Crippen LogP contribution is -2.19. The molecular weight excluding hydrogens is 491 g/mol. The third-order valence-corrected chi connectivity index (χ3v) is 12.0. The van der Waals surface area contributed by atoms with Gasteiger partial charge in [0, 0.05) is 40.8 Å². The standard InChI is InChI=1S/C33H29PS2/c1-20-16-22(3)29-27(18-20)35-24(5)31(29)32-30-23(4)17-21(2)19-28(30)36-33(32)34(25-12-8-6-9-13-25)26-14-10-7-11-15-26/h6-19H,1-5H3. The molecule has 0 aliphatic heterocycles. The molecule has 0 saturated heterocycles. The number of hydrogen-bond donors (Lipinski definition) is 0. The summed E-state index contributed by atoms with van der Waals surface area (Å²) in [5, 5.41) is 5.68. The minimum absolute atomic E-state index is 0.701. The number of rotatable bonds is 4. The van der Waals surface area contributed by atoms with E-state index in [0.717, 1.165) is 0 Å². The van der Waals surface area contributed by atoms with E-state index in [1.807, 2.05) is 22.7 Å². The van der Waals surface area contributed by atoms with Crippen molar-refractivity contribution in [1.82, 2.24) is 0 Å². The molecule has 0 amide bonds. The molecule has 0 spiro atoms. The smallest absolute Gasteiger partial charge is 0.0459 e. The fourth-order valence-corrected chi connectivity index (χ4v) is 11.4. The topological polar surface area (TPSA) is 0 Å². The maximum Gasteiger partial charge on any atom is 0.0459 e. The highest BCUT2D eigenvalue weighted by atomic mass is 32.1. The van der Waals surface area contributed by atoms with Crippen molar-refractivity contribution < 1.29 is 0 Å². The zero-order valence-electron chi connectivity index (χ0n) is 21.3. The van der Waals surface area contributed by atoms with Gasteiger partial charge in [0.2, 0.25) is 0 Å². The van der Waals surface area contributed by atoms with Crippen LogP contribution in [0.4, 0.5) is 0 Å². The monoisotopic (exact) mass is 520 g/mol. The van der Waals surface area contributed by atoms with Gasteiger partial charge in [-0.3, -0.25) is 0 Å². The van der Waals surface area contributed by atoms with Crippen LogP contribution in [0, 0.1) is 34.6 Å². The molecule has 178 valence electrons. The van der Waals surface area contributed by atoms with Crippen LogP contribution in [0.2, 0.25) is 0 Å². The molecule has 6 rings (SSSR count). The highest BCUT2D eigenvalue weighted by Gasteiger charge is 2.28. The second kappa shape index (κ2) is 9.27. The lowest BCUT2D eigenvalue weighted by atomic mass is 9.95. The Balaban J connectivity index is 1.78. The average Bonchev–Trinajstić information content (AvgIpc) is 3.37. The highest BCUT2D eigenvalue weighted by Crippen LogP contribution is 2.50. The van der Waals surface area contributed by atoms with Gasteiger partial charge in [0.1, 0.15) is 0 Å². The third kappa shape index (κ3) is 3.93. The first-order chi connectivity index (χ1) is 17.4. The molecule has 0 atom stereocenters. The summed E-state index contributed by atoms with van der Waals surface area (Å²) >= 11 is 3.95. The van der Waals surface area contributed by atoms with Gasteiger partial charge in [-0.15, -0.1) is 22.7 Å². The first-order valence-electron chi connectivity index (χ1n) is 12.4. The van der Waals surface area contributed by atoms with Crippen molar-refractivity contribution in [2.75, 3.05) is 0 Å². The van der Waals surface area contributed by atoms with E-state index >= 15 is 0 Å². The molecule has 3 heteroatoms. The zero-order chi connectivity index (χ0) is 25.0. The minimum atomic E-state index is -0.701. The molecule has 0 bridgehead atoms. The summed E-state index contributed by atoms with van der Waals surface area (Å²) in [4.78, 5) is 1.41. The van der Waals surface area contributed by atoms with Crippen molar-refractivity contribution in [2.45, 2.75) is 34.6 Å². The van der Waals surface area contributed by atoms with Gasteiger partial charge in [-0.05, 0) is 87.5 Å². The summed E-state index contributed by atoms with van der Waals surface area (Å²) < 4.78 is 4.31. The summed E-state index contributed by atoms with van der Waals surface area (Å²) in [5.74, 6) is 0. The number of thiophene rings is 2. The molecule has 0 fully saturated rings. The number of aryl methyl sites for hydroxylation is 5. The summed E-state index contributed by atoms with van der Waals surface area (Å²) in [5.41, 5.74) is 8.33. The Hall–Kier alpha value is -2.77. The van der Waals surface area contributed by atoms with Crippen LogP contribution in [0.3, 0.4) is 0 Å². The van der Waals surface area contributed by atoms with Crippen molar-refractivity contribution >= 4 is 66.0 Å². The maximum absolute atomic E-state index is 2.39. The van der Waals surface area contributed by atoms with E-state index in [9.17, 15) is 0 Å². The van der Waals surface area contributed by atoms with Gasteiger partial charge in [0.15, 0.2) is 0 Å². The van der Waals surface area contributed by atoms with E-state index in [1.54, 1.807) is 0 Å². The van der Waals surface area contributed by atoms with Crippen molar-refractivity contribution in [3.63, 3.8) is 0 Å². The van der Waals surface area contributed by atoms with E-state index in [2.05, 4.69) is 120 Å². The van der Waals surface area contributed by atoms with E-state index in [4.69, 9.17) is 0 Å². The zero-order valence-corrected chi connectivity index (χ0v) is 23.9. The van der Waals surface area contributed by atoms with Crippen LogP contribution in [-0.2, 0) is 0 Å². The van der Waals surface area contributed by atoms with Crippen LogP contribution in [0.15, 0.2) is 84.9 Å². The fraction of sp³-hybridized carbons (Fsp3) is 0.152. The Kier molecular flexibility index (Phi) is 6.08. The predicted molar refractivity (Wildman–Crippen MR) is 165 cm³/mol. The van der Waals surface area contributed by atoms with Crippen LogP contribution < -0.4 is 15.2 Å². The molecule has 0 saturated carbocycles. The van der Waals surface area contributed by atoms with Crippen molar-refractivity contribution in [3.8, 4) is 11.1 Å². The van der Waals surface area contributed by atoms with Gasteiger partial charge in [0.05, 0.1) is 0 Å². The lowest BCUT2D eigenvalue weighted by molar-refractivity contribution is 1.43. The van der Waals surface area contributed by atoms with Gasteiger partial charge < -0.3 is 0 Å². The average molecular weight is 521 g/mol. The van der Waals surface area contributed by atoms with E-state index in [0.29, 0.717) is 0 Å². The molecule has 0 aliphatic carbocycles. The van der Waals surface area contributed by atoms with Crippen LogP contribution in [-0.4, -0.2) is 0 Å². The van der Waals surface area contributed by atoms with Crippen molar-refractivity contribution in [1.29, 1.82) is 0 Å². The van der Waals surface area contributed by atoms with Crippen LogP contribution in [0.1, 0.15) is 27.1 Å². The van der Waals surface area contributed by atoms with E-state index < -0.39 is 7.92 Å². The Labute approximate surface area is 223 Å². The van der Waals surface area contributed by atoms with Crippen LogP contribution >= 0.6 is 30.6 Å². The van der Waals surface area contributed by atoms with Crippen molar-refractivity contribution in [2.24, 2.45) is 0 Å². The van der Waals surface area contributed by atoms with Crippen molar-refractivity contribution in [3.05, 3.63) is 112 Å². The molecule has 0 aliphatic rings. The number of fused-ring (bicyclic) bond motifs is 2. The molecule has 0 radical (unpaired) electrons. The quantitative estimate of drug-likeness (QED) is 0.203. The van der Waals surface area contributed by atoms with Gasteiger partial charge in [-0.1, -0.05) is 72.8 Å². The molecule has 0 unspecified atom stereocenters. The number of hydrogen-bond acceptors (Lipinski definition) is 2. The summed E-state index contributed by atoms with van der Waals surface area (Å²) in [6.07, 6.45) is 0. The van der Waals surface area contributed by atoms with Crippen LogP contribution in [0.25, 0.3) is 31.3 Å². The third-order valence-electron chi connectivity index (χ3n) is 6.90. The molecular formula is C33H29PS2. The Morgan fingerprint density at radius 3 is 1.53 bits per heavy atom. The fourth-order valence-electron chi connectivity index (χ4n) is 5.54. The first kappa shape index (κ1) is 23.6.